The van der Waals surface area contributed by atoms with E-state index in [0.717, 1.165) is 6.07 Å². The van der Waals surface area contributed by atoms with E-state index in [2.05, 4.69) is 16.0 Å². The molecule has 0 fully saturated rings. The molecule has 2 amide bonds. The molecule has 3 rings (SSSR count). The fourth-order valence-electron chi connectivity index (χ4n) is 2.91. The summed E-state index contributed by atoms with van der Waals surface area (Å²) in [5, 5.41) is 4.14. The smallest absolute Gasteiger partial charge is 0.279 e. The molecule has 2 aromatic carbocycles. The summed E-state index contributed by atoms with van der Waals surface area (Å²) in [6.45, 7) is 4.54. The van der Waals surface area contributed by atoms with Crippen molar-refractivity contribution in [3.8, 4) is 11.4 Å². The number of hydrogen-bond acceptors (Lipinski definition) is 4. The number of hydrogen-bond donors (Lipinski definition) is 2. The minimum absolute atomic E-state index is 0.0218. The predicted molar refractivity (Wildman–Crippen MR) is 105 cm³/mol. The topological polar surface area (TPSA) is 85.3 Å². The zero-order chi connectivity index (χ0) is 22.7. The molecule has 162 valence electrons. The van der Waals surface area contributed by atoms with Gasteiger partial charge in [0.05, 0.1) is 17.0 Å². The van der Waals surface area contributed by atoms with Crippen LogP contribution in [-0.2, 0) is 4.79 Å². The Bertz CT molecular complexity index is 1130. The van der Waals surface area contributed by atoms with Crippen LogP contribution >= 0.6 is 0 Å². The highest BCUT2D eigenvalue weighted by atomic mass is 19.1. The van der Waals surface area contributed by atoms with Crippen molar-refractivity contribution in [2.24, 2.45) is 0 Å². The molecule has 2 N–H and O–H groups in total. The van der Waals surface area contributed by atoms with Crippen LogP contribution in [0.25, 0.3) is 5.69 Å². The molecule has 0 saturated heterocycles. The largest absolute Gasteiger partial charge is 0.481 e. The summed E-state index contributed by atoms with van der Waals surface area (Å²) in [6, 6.07) is 8.12. The van der Waals surface area contributed by atoms with Gasteiger partial charge in [-0.15, -0.1) is 0 Å². The zero-order valence-electron chi connectivity index (χ0n) is 16.9. The van der Waals surface area contributed by atoms with Crippen molar-refractivity contribution < 1.29 is 27.5 Å². The lowest BCUT2D eigenvalue weighted by atomic mass is 10.2. The van der Waals surface area contributed by atoms with E-state index in [-0.39, 0.29) is 22.7 Å². The lowest BCUT2D eigenvalue weighted by Crippen LogP contribution is -2.47. The maximum absolute atomic E-state index is 14.1. The van der Waals surface area contributed by atoms with Crippen molar-refractivity contribution in [3.05, 3.63) is 76.9 Å². The molecule has 1 atom stereocenters. The second kappa shape index (κ2) is 8.90. The lowest BCUT2D eigenvalue weighted by molar-refractivity contribution is -0.128. The van der Waals surface area contributed by atoms with Gasteiger partial charge in [-0.2, -0.15) is 5.10 Å². The molecule has 0 bridgehead atoms. The second-order valence-electron chi connectivity index (χ2n) is 6.71. The van der Waals surface area contributed by atoms with E-state index in [1.807, 2.05) is 0 Å². The molecule has 0 aliphatic heterocycles. The standard InChI is InChI=1S/C21H19F3N4O3/c1-11-19(12(2)28(27-11)18-9-6-15(23)10-17(18)24)21(30)26-25-20(29)13(3)31-16-7-4-14(22)5-8-16/h4-10,13H,1-3H3,(H,25,29)(H,26,30). The van der Waals surface area contributed by atoms with Gasteiger partial charge in [-0.05, 0) is 57.2 Å². The van der Waals surface area contributed by atoms with Gasteiger partial charge in [0, 0.05) is 6.07 Å². The number of amides is 2. The highest BCUT2D eigenvalue weighted by molar-refractivity contribution is 5.97. The zero-order valence-corrected chi connectivity index (χ0v) is 16.9. The number of halogens is 3. The third kappa shape index (κ3) is 4.85. The number of aryl methyl sites for hydroxylation is 1. The van der Waals surface area contributed by atoms with Crippen LogP contribution in [0.1, 0.15) is 28.7 Å². The number of rotatable bonds is 5. The van der Waals surface area contributed by atoms with Crippen LogP contribution in [0.15, 0.2) is 42.5 Å². The molecule has 0 saturated carbocycles. The average Bonchev–Trinajstić information content (AvgIpc) is 3.01. The first-order valence-corrected chi connectivity index (χ1v) is 9.21. The molecular formula is C21H19F3N4O3. The third-order valence-electron chi connectivity index (χ3n) is 4.45. The SMILES string of the molecule is Cc1nn(-c2ccc(F)cc2F)c(C)c1C(=O)NNC(=O)C(C)Oc1ccc(F)cc1. The number of carbonyl (C=O) groups excluding carboxylic acids is 2. The molecule has 1 unspecified atom stereocenters. The average molecular weight is 432 g/mol. The first-order valence-electron chi connectivity index (χ1n) is 9.21. The molecule has 7 nitrogen and oxygen atoms in total. The molecule has 10 heteroatoms. The molecule has 1 aromatic heterocycles. The van der Waals surface area contributed by atoms with Crippen molar-refractivity contribution >= 4 is 11.8 Å². The highest BCUT2D eigenvalue weighted by Crippen LogP contribution is 2.21. The molecule has 0 spiro atoms. The quantitative estimate of drug-likeness (QED) is 0.607. The van der Waals surface area contributed by atoms with E-state index in [4.69, 9.17) is 4.74 Å². The van der Waals surface area contributed by atoms with Crippen LogP contribution in [0, 0.1) is 31.3 Å². The molecule has 31 heavy (non-hydrogen) atoms. The summed E-state index contributed by atoms with van der Waals surface area (Å²) >= 11 is 0. The van der Waals surface area contributed by atoms with Gasteiger partial charge in [-0.3, -0.25) is 20.4 Å². The van der Waals surface area contributed by atoms with Crippen molar-refractivity contribution in [2.75, 3.05) is 0 Å². The van der Waals surface area contributed by atoms with Crippen molar-refractivity contribution in [1.29, 1.82) is 0 Å². The van der Waals surface area contributed by atoms with Gasteiger partial charge in [0.25, 0.3) is 11.8 Å². The number of benzene rings is 2. The Hall–Kier alpha value is -3.82. The van der Waals surface area contributed by atoms with Crippen LogP contribution in [0.5, 0.6) is 5.75 Å². The Kier molecular flexibility index (Phi) is 6.28. The molecule has 1 heterocycles. The summed E-state index contributed by atoms with van der Waals surface area (Å²) in [5.74, 6) is -3.05. The number of nitrogens with zero attached hydrogens (tertiary/aromatic N) is 2. The van der Waals surface area contributed by atoms with Crippen molar-refractivity contribution in [3.63, 3.8) is 0 Å². The van der Waals surface area contributed by atoms with Gasteiger partial charge in [-0.25, -0.2) is 17.9 Å². The second-order valence-corrected chi connectivity index (χ2v) is 6.71. The van der Waals surface area contributed by atoms with E-state index in [1.165, 1.54) is 41.9 Å². The normalized spacial score (nSPS) is 11.7. The third-order valence-corrected chi connectivity index (χ3v) is 4.45. The molecule has 0 aliphatic carbocycles. The van der Waals surface area contributed by atoms with E-state index in [1.54, 1.807) is 13.8 Å². The lowest BCUT2D eigenvalue weighted by Gasteiger charge is -2.15. The maximum atomic E-state index is 14.1. The van der Waals surface area contributed by atoms with Crippen LogP contribution in [-0.4, -0.2) is 27.7 Å². The summed E-state index contributed by atoms with van der Waals surface area (Å²) < 4.78 is 46.8. The maximum Gasteiger partial charge on any atom is 0.279 e. The van der Waals surface area contributed by atoms with E-state index < -0.39 is 35.4 Å². The monoisotopic (exact) mass is 432 g/mol. The Balaban J connectivity index is 1.68. The Morgan fingerprint density at radius 1 is 1.00 bits per heavy atom. The Morgan fingerprint density at radius 3 is 2.29 bits per heavy atom. The summed E-state index contributed by atoms with van der Waals surface area (Å²) in [5.41, 5.74) is 5.17. The minimum Gasteiger partial charge on any atom is -0.481 e. The fraction of sp³-hybridized carbons (Fsp3) is 0.190. The molecule has 3 aromatic rings. The van der Waals surface area contributed by atoms with Crippen LogP contribution in [0.2, 0.25) is 0 Å². The van der Waals surface area contributed by atoms with E-state index >= 15 is 0 Å². The first kappa shape index (κ1) is 21.9. The van der Waals surface area contributed by atoms with Crippen molar-refractivity contribution in [2.45, 2.75) is 26.9 Å². The van der Waals surface area contributed by atoms with Crippen LogP contribution in [0.4, 0.5) is 13.2 Å². The number of aromatic nitrogens is 2. The molecule has 0 radical (unpaired) electrons. The van der Waals surface area contributed by atoms with Crippen LogP contribution in [0.3, 0.4) is 0 Å². The Morgan fingerprint density at radius 2 is 1.65 bits per heavy atom. The van der Waals surface area contributed by atoms with Gasteiger partial charge in [0.15, 0.2) is 11.9 Å². The van der Waals surface area contributed by atoms with Gasteiger partial charge in [0.2, 0.25) is 0 Å². The van der Waals surface area contributed by atoms with Gasteiger partial charge in [0.1, 0.15) is 23.1 Å². The predicted octanol–water partition coefficient (Wildman–Crippen LogP) is 3.13. The fourth-order valence-corrected chi connectivity index (χ4v) is 2.91. The van der Waals surface area contributed by atoms with Gasteiger partial charge >= 0.3 is 0 Å². The minimum atomic E-state index is -0.982. The van der Waals surface area contributed by atoms with E-state index in [9.17, 15) is 22.8 Å². The number of ether oxygens (including phenoxy) is 1. The summed E-state index contributed by atoms with van der Waals surface area (Å²) in [6.07, 6.45) is -0.982. The van der Waals surface area contributed by atoms with Crippen molar-refractivity contribution in [1.82, 2.24) is 20.6 Å². The van der Waals surface area contributed by atoms with Gasteiger partial charge < -0.3 is 4.74 Å². The number of nitrogens with one attached hydrogen (secondary N) is 2. The molecule has 0 aliphatic rings. The number of hydrazine groups is 1. The highest BCUT2D eigenvalue weighted by Gasteiger charge is 2.22. The molecular weight excluding hydrogens is 413 g/mol. The number of carbonyl (C=O) groups is 2. The summed E-state index contributed by atoms with van der Waals surface area (Å²) in [4.78, 5) is 24.8. The Labute approximate surface area is 175 Å². The first-order chi connectivity index (χ1) is 14.7. The summed E-state index contributed by atoms with van der Waals surface area (Å²) in [7, 11) is 0. The van der Waals surface area contributed by atoms with Gasteiger partial charge in [-0.1, -0.05) is 0 Å². The van der Waals surface area contributed by atoms with Crippen LogP contribution < -0.4 is 15.6 Å². The van der Waals surface area contributed by atoms with E-state index in [0.29, 0.717) is 11.8 Å².